The molecular formula is C31H30N4O8. The van der Waals surface area contributed by atoms with Gasteiger partial charge in [0, 0.05) is 29.7 Å². The Morgan fingerprint density at radius 2 is 1.56 bits per heavy atom. The number of rotatable bonds is 12. The summed E-state index contributed by atoms with van der Waals surface area (Å²) < 4.78 is 34.3. The molecule has 0 aliphatic rings. The van der Waals surface area contributed by atoms with Crippen LogP contribution >= 0.6 is 0 Å². The summed E-state index contributed by atoms with van der Waals surface area (Å²) >= 11 is 0. The molecule has 3 aromatic carbocycles. The van der Waals surface area contributed by atoms with Crippen molar-refractivity contribution in [3.05, 3.63) is 94.6 Å². The van der Waals surface area contributed by atoms with Crippen LogP contribution in [0.5, 0.6) is 28.7 Å². The van der Waals surface area contributed by atoms with Crippen molar-refractivity contribution in [3.63, 3.8) is 0 Å². The van der Waals surface area contributed by atoms with Crippen molar-refractivity contribution in [1.29, 1.82) is 0 Å². The number of ether oxygens (including phenoxy) is 5. The standard InChI is InChI=1S/C31H30N4O8/c1-38-24-9-5-20(6-10-24)16-35(23-13-27(39-2)31(41-4)28(14-23)40-3)29(36)18-34-17-22(32-33-34)19-42-25-11-7-21-8-12-30(37)43-26(21)15-25/h5-15,17H,16,18-19H2,1-4H3. The van der Waals surface area contributed by atoms with E-state index in [1.165, 1.54) is 32.1 Å². The molecule has 0 aliphatic carbocycles. The van der Waals surface area contributed by atoms with Crippen molar-refractivity contribution in [2.24, 2.45) is 0 Å². The lowest BCUT2D eigenvalue weighted by molar-refractivity contribution is -0.119. The van der Waals surface area contributed by atoms with Crippen LogP contribution in [0.15, 0.2) is 82.1 Å². The van der Waals surface area contributed by atoms with Gasteiger partial charge in [0.2, 0.25) is 11.7 Å². The van der Waals surface area contributed by atoms with Gasteiger partial charge in [0.15, 0.2) is 11.5 Å². The molecule has 1 amide bonds. The number of fused-ring (bicyclic) bond motifs is 1. The zero-order valence-corrected chi connectivity index (χ0v) is 24.1. The molecule has 12 nitrogen and oxygen atoms in total. The maximum atomic E-state index is 13.8. The molecule has 0 aliphatic heterocycles. The predicted molar refractivity (Wildman–Crippen MR) is 157 cm³/mol. The van der Waals surface area contributed by atoms with Gasteiger partial charge in [-0.2, -0.15) is 0 Å². The van der Waals surface area contributed by atoms with E-state index in [1.54, 1.807) is 54.6 Å². The molecule has 0 spiro atoms. The van der Waals surface area contributed by atoms with E-state index in [2.05, 4.69) is 10.3 Å². The summed E-state index contributed by atoms with van der Waals surface area (Å²) in [5, 5.41) is 9.05. The molecule has 0 unspecified atom stereocenters. The number of anilines is 1. The number of hydrogen-bond acceptors (Lipinski definition) is 10. The summed E-state index contributed by atoms with van der Waals surface area (Å²) in [6, 6.07) is 19.1. The molecule has 5 aromatic rings. The summed E-state index contributed by atoms with van der Waals surface area (Å²) in [5.74, 6) is 2.20. The summed E-state index contributed by atoms with van der Waals surface area (Å²) in [6.07, 6.45) is 1.64. The van der Waals surface area contributed by atoms with Crippen LogP contribution in [0.1, 0.15) is 11.3 Å². The highest BCUT2D eigenvalue weighted by Crippen LogP contribution is 2.41. The zero-order chi connectivity index (χ0) is 30.3. The Morgan fingerprint density at radius 3 is 2.23 bits per heavy atom. The van der Waals surface area contributed by atoms with Crippen molar-refractivity contribution >= 4 is 22.6 Å². The summed E-state index contributed by atoms with van der Waals surface area (Å²) in [5.41, 5.74) is 1.91. The molecule has 0 bridgehead atoms. The first-order valence-corrected chi connectivity index (χ1v) is 13.2. The van der Waals surface area contributed by atoms with Crippen molar-refractivity contribution < 1.29 is 32.9 Å². The van der Waals surface area contributed by atoms with Gasteiger partial charge in [0.25, 0.3) is 0 Å². The lowest BCUT2D eigenvalue weighted by atomic mass is 10.1. The van der Waals surface area contributed by atoms with E-state index < -0.39 is 5.63 Å². The Hall–Kier alpha value is -5.52. The Balaban J connectivity index is 1.35. The average molecular weight is 587 g/mol. The third-order valence-electron chi connectivity index (χ3n) is 6.63. The first-order chi connectivity index (χ1) is 20.9. The monoisotopic (exact) mass is 586 g/mol. The Bertz CT molecular complexity index is 1760. The minimum atomic E-state index is -0.440. The number of carbonyl (C=O) groups is 1. The number of aromatic nitrogens is 3. The fraction of sp³-hybridized carbons (Fsp3) is 0.226. The van der Waals surface area contributed by atoms with Crippen LogP contribution in [0.25, 0.3) is 11.0 Å². The second kappa shape index (κ2) is 13.0. The van der Waals surface area contributed by atoms with E-state index in [0.29, 0.717) is 45.7 Å². The molecule has 222 valence electrons. The number of carbonyl (C=O) groups excluding carboxylic acids is 1. The largest absolute Gasteiger partial charge is 0.497 e. The molecule has 2 heterocycles. The smallest absolute Gasteiger partial charge is 0.336 e. The number of nitrogens with zero attached hydrogens (tertiary/aromatic N) is 4. The van der Waals surface area contributed by atoms with Crippen molar-refractivity contribution in [2.75, 3.05) is 33.3 Å². The van der Waals surface area contributed by atoms with Crippen LogP contribution in [-0.4, -0.2) is 49.3 Å². The van der Waals surface area contributed by atoms with Crippen LogP contribution < -0.4 is 34.2 Å². The molecule has 5 rings (SSSR count). The normalized spacial score (nSPS) is 10.8. The quantitative estimate of drug-likeness (QED) is 0.196. The highest BCUT2D eigenvalue weighted by molar-refractivity contribution is 5.94. The second-order valence-electron chi connectivity index (χ2n) is 9.36. The Morgan fingerprint density at radius 1 is 0.860 bits per heavy atom. The molecular weight excluding hydrogens is 556 g/mol. The van der Waals surface area contributed by atoms with E-state index in [0.717, 1.165) is 10.9 Å². The highest BCUT2D eigenvalue weighted by Gasteiger charge is 2.22. The SMILES string of the molecule is COc1ccc(CN(C(=O)Cn2cc(COc3ccc4ccc(=O)oc4c3)nn2)c2cc(OC)c(OC)c(OC)c2)cc1. The maximum absolute atomic E-state index is 13.8. The van der Waals surface area contributed by atoms with E-state index in [9.17, 15) is 9.59 Å². The molecule has 0 radical (unpaired) electrons. The molecule has 0 N–H and O–H groups in total. The van der Waals surface area contributed by atoms with Gasteiger partial charge in [0.1, 0.15) is 35.9 Å². The van der Waals surface area contributed by atoms with Crippen LogP contribution in [-0.2, 0) is 24.5 Å². The van der Waals surface area contributed by atoms with Gasteiger partial charge >= 0.3 is 5.63 Å². The maximum Gasteiger partial charge on any atom is 0.336 e. The average Bonchev–Trinajstić information content (AvgIpc) is 3.48. The van der Waals surface area contributed by atoms with Gasteiger partial charge in [0.05, 0.1) is 46.9 Å². The predicted octanol–water partition coefficient (Wildman–Crippen LogP) is 4.23. The summed E-state index contributed by atoms with van der Waals surface area (Å²) in [7, 11) is 6.15. The van der Waals surface area contributed by atoms with Crippen LogP contribution in [0, 0.1) is 0 Å². The van der Waals surface area contributed by atoms with Crippen LogP contribution in [0.4, 0.5) is 5.69 Å². The fourth-order valence-electron chi connectivity index (χ4n) is 4.45. The first kappa shape index (κ1) is 29.0. The minimum Gasteiger partial charge on any atom is -0.497 e. The van der Waals surface area contributed by atoms with E-state index in [4.69, 9.17) is 28.1 Å². The van der Waals surface area contributed by atoms with Crippen molar-refractivity contribution in [2.45, 2.75) is 19.7 Å². The van der Waals surface area contributed by atoms with Gasteiger partial charge in [-0.1, -0.05) is 17.3 Å². The molecule has 12 heteroatoms. The Labute approximate surface area is 246 Å². The van der Waals surface area contributed by atoms with Gasteiger partial charge in [-0.05, 0) is 35.9 Å². The van der Waals surface area contributed by atoms with E-state index >= 15 is 0 Å². The zero-order valence-electron chi connectivity index (χ0n) is 24.1. The van der Waals surface area contributed by atoms with E-state index in [-0.39, 0.29) is 25.6 Å². The first-order valence-electron chi connectivity index (χ1n) is 13.2. The Kier molecular flexibility index (Phi) is 8.75. The van der Waals surface area contributed by atoms with Crippen LogP contribution in [0.2, 0.25) is 0 Å². The number of benzene rings is 3. The number of amides is 1. The molecule has 0 saturated carbocycles. The lowest BCUT2D eigenvalue weighted by Gasteiger charge is -2.25. The molecule has 2 aromatic heterocycles. The highest BCUT2D eigenvalue weighted by atomic mass is 16.5. The van der Waals surface area contributed by atoms with Gasteiger partial charge < -0.3 is 33.0 Å². The molecule has 0 atom stereocenters. The van der Waals surface area contributed by atoms with Gasteiger partial charge in [-0.15, -0.1) is 5.10 Å². The van der Waals surface area contributed by atoms with Gasteiger partial charge in [-0.3, -0.25) is 4.79 Å². The minimum absolute atomic E-state index is 0.0963. The second-order valence-corrected chi connectivity index (χ2v) is 9.36. The summed E-state index contributed by atoms with van der Waals surface area (Å²) in [4.78, 5) is 26.9. The van der Waals surface area contributed by atoms with Crippen molar-refractivity contribution in [1.82, 2.24) is 15.0 Å². The molecule has 0 saturated heterocycles. The third-order valence-corrected chi connectivity index (χ3v) is 6.63. The van der Waals surface area contributed by atoms with Crippen molar-refractivity contribution in [3.8, 4) is 28.7 Å². The molecule has 0 fully saturated rings. The number of methoxy groups -OCH3 is 4. The molecule has 43 heavy (non-hydrogen) atoms. The topological polar surface area (TPSA) is 127 Å². The summed E-state index contributed by atoms with van der Waals surface area (Å²) in [6.45, 7) is 0.254. The fourth-order valence-corrected chi connectivity index (χ4v) is 4.45. The van der Waals surface area contributed by atoms with Gasteiger partial charge in [-0.25, -0.2) is 9.48 Å². The van der Waals surface area contributed by atoms with E-state index in [1.807, 2.05) is 24.3 Å². The number of hydrogen-bond donors (Lipinski definition) is 0. The lowest BCUT2D eigenvalue weighted by Crippen LogP contribution is -2.33. The third kappa shape index (κ3) is 6.70. The van der Waals surface area contributed by atoms with Crippen LogP contribution in [0.3, 0.4) is 0 Å².